The number of rotatable bonds is 2. The second-order valence-electron chi connectivity index (χ2n) is 4.03. The van der Waals surface area contributed by atoms with Gasteiger partial charge in [-0.25, -0.2) is 9.97 Å². The van der Waals surface area contributed by atoms with Crippen LogP contribution in [0, 0.1) is 0 Å². The van der Waals surface area contributed by atoms with Crippen LogP contribution >= 0.6 is 11.6 Å². The average molecular weight is 256 g/mol. The number of carbonyl (C=O) groups is 1. The standard InChI is InChI=1S/C10H14ClN5O/c1-6(17)15-7-2-3-16(4-7)10-8(12)9(11)13-5-14-10/h5,7H,2-4,12H2,1H3,(H,15,17). The Morgan fingerprint density at radius 2 is 2.41 bits per heavy atom. The van der Waals surface area contributed by atoms with Crippen molar-refractivity contribution in [3.63, 3.8) is 0 Å². The molecule has 6 nitrogen and oxygen atoms in total. The Morgan fingerprint density at radius 1 is 1.65 bits per heavy atom. The molecule has 0 spiro atoms. The first-order valence-corrected chi connectivity index (χ1v) is 5.73. The highest BCUT2D eigenvalue weighted by atomic mass is 35.5. The molecule has 3 N–H and O–H groups in total. The van der Waals surface area contributed by atoms with Crippen LogP contribution in [0.15, 0.2) is 6.33 Å². The predicted octanol–water partition coefficient (Wildman–Crippen LogP) is 0.427. The Balaban J connectivity index is 2.10. The lowest BCUT2D eigenvalue weighted by molar-refractivity contribution is -0.119. The quantitative estimate of drug-likeness (QED) is 0.749. The lowest BCUT2D eigenvalue weighted by Gasteiger charge is -2.19. The van der Waals surface area contributed by atoms with E-state index in [9.17, 15) is 4.79 Å². The lowest BCUT2D eigenvalue weighted by Crippen LogP contribution is -2.35. The molecule has 1 aromatic rings. The highest BCUT2D eigenvalue weighted by Gasteiger charge is 2.25. The molecule has 1 aromatic heterocycles. The van der Waals surface area contributed by atoms with Gasteiger partial charge in [0.1, 0.15) is 12.0 Å². The van der Waals surface area contributed by atoms with Crippen molar-refractivity contribution in [2.45, 2.75) is 19.4 Å². The Kier molecular flexibility index (Phi) is 3.33. The minimum atomic E-state index is -0.0226. The van der Waals surface area contributed by atoms with Crippen LogP contribution in [0.4, 0.5) is 11.5 Å². The van der Waals surface area contributed by atoms with Gasteiger partial charge in [-0.2, -0.15) is 0 Å². The van der Waals surface area contributed by atoms with Gasteiger partial charge in [-0.1, -0.05) is 11.6 Å². The number of hydrogen-bond donors (Lipinski definition) is 2. The van der Waals surface area contributed by atoms with E-state index in [1.807, 2.05) is 4.90 Å². The third-order valence-corrected chi connectivity index (χ3v) is 3.01. The SMILES string of the molecule is CC(=O)NC1CCN(c2ncnc(Cl)c2N)C1. The number of nitrogen functional groups attached to an aromatic ring is 1. The van der Waals surface area contributed by atoms with Crippen molar-refractivity contribution >= 4 is 29.0 Å². The minimum absolute atomic E-state index is 0.0226. The first-order valence-electron chi connectivity index (χ1n) is 5.36. The van der Waals surface area contributed by atoms with Gasteiger partial charge in [0, 0.05) is 26.1 Å². The molecule has 0 saturated carbocycles. The summed E-state index contributed by atoms with van der Waals surface area (Å²) < 4.78 is 0. The summed E-state index contributed by atoms with van der Waals surface area (Å²) >= 11 is 5.84. The fourth-order valence-corrected chi connectivity index (χ4v) is 2.10. The summed E-state index contributed by atoms with van der Waals surface area (Å²) in [6.45, 7) is 3.00. The van der Waals surface area contributed by atoms with Gasteiger partial charge in [0.05, 0.1) is 0 Å². The van der Waals surface area contributed by atoms with Crippen LogP contribution in [-0.4, -0.2) is 35.0 Å². The highest BCUT2D eigenvalue weighted by molar-refractivity contribution is 6.32. The van der Waals surface area contributed by atoms with Crippen molar-refractivity contribution in [3.05, 3.63) is 11.5 Å². The number of nitrogens with one attached hydrogen (secondary N) is 1. The Hall–Kier alpha value is -1.56. The molecular weight excluding hydrogens is 242 g/mol. The molecule has 1 aliphatic heterocycles. The third kappa shape index (κ3) is 2.58. The number of hydrogen-bond acceptors (Lipinski definition) is 5. The molecule has 0 radical (unpaired) electrons. The summed E-state index contributed by atoms with van der Waals surface area (Å²) in [6.07, 6.45) is 2.26. The molecule has 1 aliphatic rings. The smallest absolute Gasteiger partial charge is 0.217 e. The minimum Gasteiger partial charge on any atom is -0.393 e. The maximum atomic E-state index is 11.0. The van der Waals surface area contributed by atoms with Crippen LogP contribution in [0.2, 0.25) is 5.15 Å². The van der Waals surface area contributed by atoms with E-state index in [2.05, 4.69) is 15.3 Å². The molecule has 2 heterocycles. The number of anilines is 2. The summed E-state index contributed by atoms with van der Waals surface area (Å²) in [4.78, 5) is 20.9. The number of halogens is 1. The van der Waals surface area contributed by atoms with Crippen molar-refractivity contribution in [1.29, 1.82) is 0 Å². The van der Waals surface area contributed by atoms with Gasteiger partial charge in [-0.05, 0) is 6.42 Å². The Morgan fingerprint density at radius 3 is 3.12 bits per heavy atom. The summed E-state index contributed by atoms with van der Waals surface area (Å²) in [6, 6.07) is 0.139. The number of carbonyl (C=O) groups excluding carboxylic acids is 1. The van der Waals surface area contributed by atoms with Gasteiger partial charge >= 0.3 is 0 Å². The molecular formula is C10H14ClN5O. The summed E-state index contributed by atoms with van der Waals surface area (Å²) in [7, 11) is 0. The topological polar surface area (TPSA) is 84.1 Å². The maximum absolute atomic E-state index is 11.0. The van der Waals surface area contributed by atoms with Gasteiger partial charge in [0.15, 0.2) is 11.0 Å². The molecule has 0 aliphatic carbocycles. The van der Waals surface area contributed by atoms with Crippen LogP contribution in [0.3, 0.4) is 0 Å². The van der Waals surface area contributed by atoms with Crippen LogP contribution in [0.25, 0.3) is 0 Å². The summed E-state index contributed by atoms with van der Waals surface area (Å²) in [5, 5.41) is 3.14. The molecule has 1 saturated heterocycles. The second kappa shape index (κ2) is 4.75. The number of nitrogens with zero attached hydrogens (tertiary/aromatic N) is 3. The van der Waals surface area contributed by atoms with Crippen LogP contribution in [-0.2, 0) is 4.79 Å². The number of amides is 1. The molecule has 7 heteroatoms. The molecule has 1 atom stereocenters. The van der Waals surface area contributed by atoms with E-state index in [0.29, 0.717) is 18.1 Å². The van der Waals surface area contributed by atoms with Crippen molar-refractivity contribution in [2.24, 2.45) is 0 Å². The monoisotopic (exact) mass is 255 g/mol. The van der Waals surface area contributed by atoms with Gasteiger partial charge < -0.3 is 16.0 Å². The fraction of sp³-hybridized carbons (Fsp3) is 0.500. The summed E-state index contributed by atoms with van der Waals surface area (Å²) in [5.74, 6) is 0.614. The van der Waals surface area contributed by atoms with Crippen LogP contribution in [0.1, 0.15) is 13.3 Å². The Labute approximate surface area is 104 Å². The number of aromatic nitrogens is 2. The number of nitrogens with two attached hydrogens (primary N) is 1. The zero-order valence-corrected chi connectivity index (χ0v) is 10.2. The molecule has 1 unspecified atom stereocenters. The van der Waals surface area contributed by atoms with E-state index in [4.69, 9.17) is 17.3 Å². The largest absolute Gasteiger partial charge is 0.393 e. The van der Waals surface area contributed by atoms with E-state index < -0.39 is 0 Å². The van der Waals surface area contributed by atoms with Crippen molar-refractivity contribution in [2.75, 3.05) is 23.7 Å². The van der Waals surface area contributed by atoms with Gasteiger partial charge in [0.2, 0.25) is 5.91 Å². The Bertz CT molecular complexity index is 439. The predicted molar refractivity (Wildman–Crippen MR) is 65.9 cm³/mol. The zero-order valence-electron chi connectivity index (χ0n) is 9.48. The first-order chi connectivity index (χ1) is 8.08. The van der Waals surface area contributed by atoms with Gasteiger partial charge in [0.25, 0.3) is 0 Å². The van der Waals surface area contributed by atoms with Crippen molar-refractivity contribution in [3.8, 4) is 0 Å². The molecule has 0 aromatic carbocycles. The molecule has 0 bridgehead atoms. The summed E-state index contributed by atoms with van der Waals surface area (Å²) in [5.41, 5.74) is 6.21. The van der Waals surface area contributed by atoms with Gasteiger partial charge in [-0.15, -0.1) is 0 Å². The molecule has 1 amide bonds. The van der Waals surface area contributed by atoms with E-state index in [1.165, 1.54) is 13.3 Å². The van der Waals surface area contributed by atoms with Crippen LogP contribution in [0.5, 0.6) is 0 Å². The van der Waals surface area contributed by atoms with Crippen LogP contribution < -0.4 is 16.0 Å². The highest BCUT2D eigenvalue weighted by Crippen LogP contribution is 2.28. The zero-order chi connectivity index (χ0) is 12.4. The third-order valence-electron chi connectivity index (χ3n) is 2.71. The van der Waals surface area contributed by atoms with E-state index in [0.717, 1.165) is 13.0 Å². The van der Waals surface area contributed by atoms with Crippen molar-refractivity contribution in [1.82, 2.24) is 15.3 Å². The fourth-order valence-electron chi connectivity index (χ4n) is 1.98. The average Bonchev–Trinajstić information content (AvgIpc) is 2.69. The van der Waals surface area contributed by atoms with E-state index in [-0.39, 0.29) is 17.1 Å². The first kappa shape index (κ1) is 11.9. The second-order valence-corrected chi connectivity index (χ2v) is 4.39. The lowest BCUT2D eigenvalue weighted by atomic mass is 10.2. The molecule has 2 rings (SSSR count). The van der Waals surface area contributed by atoms with E-state index in [1.54, 1.807) is 0 Å². The van der Waals surface area contributed by atoms with Crippen molar-refractivity contribution < 1.29 is 4.79 Å². The van der Waals surface area contributed by atoms with Gasteiger partial charge in [-0.3, -0.25) is 4.79 Å². The molecule has 1 fully saturated rings. The normalized spacial score (nSPS) is 19.4. The molecule has 92 valence electrons. The van der Waals surface area contributed by atoms with E-state index >= 15 is 0 Å². The molecule has 17 heavy (non-hydrogen) atoms. The maximum Gasteiger partial charge on any atom is 0.217 e.